The molecule has 3 rings (SSSR count). The Labute approximate surface area is 141 Å². The lowest BCUT2D eigenvalue weighted by molar-refractivity contribution is 0.0594. The zero-order valence-corrected chi connectivity index (χ0v) is 14.3. The van der Waals surface area contributed by atoms with Crippen molar-refractivity contribution < 1.29 is 9.84 Å². The van der Waals surface area contributed by atoms with E-state index in [1.54, 1.807) is 11.3 Å². The highest BCUT2D eigenvalue weighted by molar-refractivity contribution is 7.09. The summed E-state index contributed by atoms with van der Waals surface area (Å²) in [4.78, 5) is 6.94. The van der Waals surface area contributed by atoms with Crippen LogP contribution in [0.2, 0.25) is 0 Å². The van der Waals surface area contributed by atoms with E-state index >= 15 is 0 Å². The molecule has 1 aromatic carbocycles. The molecule has 23 heavy (non-hydrogen) atoms. The molecule has 4 nitrogen and oxygen atoms in total. The van der Waals surface area contributed by atoms with Gasteiger partial charge in [0.2, 0.25) is 0 Å². The minimum absolute atomic E-state index is 0.343. The number of aliphatic hydroxyl groups excluding tert-OH is 1. The number of para-hydroxylation sites is 1. The summed E-state index contributed by atoms with van der Waals surface area (Å²) in [5.41, 5.74) is 1.13. The second-order valence-electron chi connectivity index (χ2n) is 6.18. The number of hydrogen-bond donors (Lipinski definition) is 1. The van der Waals surface area contributed by atoms with Crippen molar-refractivity contribution >= 4 is 11.3 Å². The molecule has 0 amide bonds. The van der Waals surface area contributed by atoms with Crippen LogP contribution in [-0.4, -0.2) is 47.3 Å². The molecule has 0 aliphatic carbocycles. The molecule has 1 N–H and O–H groups in total. The largest absolute Gasteiger partial charge is 0.491 e. The van der Waals surface area contributed by atoms with Gasteiger partial charge in [-0.1, -0.05) is 18.2 Å². The van der Waals surface area contributed by atoms with E-state index in [9.17, 15) is 5.11 Å². The van der Waals surface area contributed by atoms with Crippen molar-refractivity contribution in [2.45, 2.75) is 31.8 Å². The summed E-state index contributed by atoms with van der Waals surface area (Å²) in [6.07, 6.45) is 1.80. The van der Waals surface area contributed by atoms with Gasteiger partial charge in [-0.3, -0.25) is 0 Å². The van der Waals surface area contributed by atoms with Gasteiger partial charge in [-0.15, -0.1) is 11.3 Å². The minimum atomic E-state index is -0.450. The molecule has 1 aliphatic rings. The summed E-state index contributed by atoms with van der Waals surface area (Å²) in [5.74, 6) is 1.40. The zero-order chi connectivity index (χ0) is 16.1. The normalized spacial score (nSPS) is 18.0. The number of benzene rings is 1. The Bertz CT molecular complexity index is 594. The van der Waals surface area contributed by atoms with Gasteiger partial charge < -0.3 is 14.7 Å². The van der Waals surface area contributed by atoms with Crippen molar-refractivity contribution in [3.05, 3.63) is 46.4 Å². The average Bonchev–Trinajstić information content (AvgIpc) is 3.01. The molecule has 1 saturated heterocycles. The molecule has 5 heteroatoms. The van der Waals surface area contributed by atoms with Crippen LogP contribution in [0.5, 0.6) is 5.75 Å². The first-order valence-corrected chi connectivity index (χ1v) is 9.09. The summed E-state index contributed by atoms with van der Waals surface area (Å²) in [5, 5.41) is 13.6. The second kappa shape index (κ2) is 7.90. The molecule has 0 radical (unpaired) electrons. The maximum absolute atomic E-state index is 10.2. The SMILES string of the molecule is Cc1csc(C2CCN(CC(O)COc3ccccc3)CC2)n1. The predicted molar refractivity (Wildman–Crippen MR) is 93.2 cm³/mol. The quantitative estimate of drug-likeness (QED) is 0.883. The first kappa shape index (κ1) is 16.4. The Morgan fingerprint density at radius 1 is 1.30 bits per heavy atom. The molecule has 0 saturated carbocycles. The van der Waals surface area contributed by atoms with Crippen LogP contribution in [0.1, 0.15) is 29.5 Å². The van der Waals surface area contributed by atoms with E-state index in [-0.39, 0.29) is 0 Å². The number of thiazole rings is 1. The smallest absolute Gasteiger partial charge is 0.119 e. The molecule has 1 aliphatic heterocycles. The van der Waals surface area contributed by atoms with Crippen LogP contribution in [0.4, 0.5) is 0 Å². The van der Waals surface area contributed by atoms with Crippen molar-refractivity contribution in [3.8, 4) is 5.75 Å². The summed E-state index contributed by atoms with van der Waals surface area (Å²) < 4.78 is 5.62. The fourth-order valence-corrected chi connectivity index (χ4v) is 3.95. The summed E-state index contributed by atoms with van der Waals surface area (Å²) >= 11 is 1.78. The van der Waals surface area contributed by atoms with Gasteiger partial charge in [0.25, 0.3) is 0 Å². The van der Waals surface area contributed by atoms with Gasteiger partial charge in [0, 0.05) is 23.5 Å². The molecule has 1 atom stereocenters. The molecule has 2 heterocycles. The van der Waals surface area contributed by atoms with Crippen LogP contribution in [-0.2, 0) is 0 Å². The Kier molecular flexibility index (Phi) is 5.65. The number of hydrogen-bond acceptors (Lipinski definition) is 5. The Morgan fingerprint density at radius 2 is 2.04 bits per heavy atom. The van der Waals surface area contributed by atoms with Crippen molar-refractivity contribution in [3.63, 3.8) is 0 Å². The third-order valence-electron chi connectivity index (χ3n) is 4.23. The molecular weight excluding hydrogens is 308 g/mol. The van der Waals surface area contributed by atoms with Gasteiger partial charge in [-0.2, -0.15) is 0 Å². The average molecular weight is 332 g/mol. The Morgan fingerprint density at radius 3 is 2.70 bits per heavy atom. The third kappa shape index (κ3) is 4.77. The van der Waals surface area contributed by atoms with Gasteiger partial charge in [0.1, 0.15) is 18.5 Å². The fraction of sp³-hybridized carbons (Fsp3) is 0.500. The van der Waals surface area contributed by atoms with E-state index in [0.717, 1.165) is 37.4 Å². The second-order valence-corrected chi connectivity index (χ2v) is 7.07. The van der Waals surface area contributed by atoms with Gasteiger partial charge in [-0.05, 0) is 45.0 Å². The minimum Gasteiger partial charge on any atom is -0.491 e. The highest BCUT2D eigenvalue weighted by atomic mass is 32.1. The maximum Gasteiger partial charge on any atom is 0.119 e. The lowest BCUT2D eigenvalue weighted by Crippen LogP contribution is -2.40. The molecule has 0 spiro atoms. The number of aliphatic hydroxyl groups is 1. The zero-order valence-electron chi connectivity index (χ0n) is 13.5. The lowest BCUT2D eigenvalue weighted by Gasteiger charge is -2.32. The van der Waals surface area contributed by atoms with E-state index < -0.39 is 6.10 Å². The topological polar surface area (TPSA) is 45.6 Å². The summed E-state index contributed by atoms with van der Waals surface area (Å²) in [6, 6.07) is 9.65. The number of aromatic nitrogens is 1. The molecular formula is C18H24N2O2S. The van der Waals surface area contributed by atoms with Gasteiger partial charge >= 0.3 is 0 Å². The van der Waals surface area contributed by atoms with Gasteiger partial charge in [-0.25, -0.2) is 4.98 Å². The monoisotopic (exact) mass is 332 g/mol. The first-order chi connectivity index (χ1) is 11.2. The van der Waals surface area contributed by atoms with Crippen LogP contribution in [0.25, 0.3) is 0 Å². The molecule has 124 valence electrons. The van der Waals surface area contributed by atoms with Gasteiger partial charge in [0.05, 0.1) is 5.01 Å². The molecule has 1 fully saturated rings. The predicted octanol–water partition coefficient (Wildman–Crippen LogP) is 3.07. The molecule has 2 aromatic rings. The number of ether oxygens (including phenoxy) is 1. The van der Waals surface area contributed by atoms with Crippen LogP contribution in [0.3, 0.4) is 0 Å². The van der Waals surface area contributed by atoms with E-state index in [1.165, 1.54) is 5.01 Å². The Hall–Kier alpha value is -1.43. The number of β-amino-alcohol motifs (C(OH)–C–C–N with tert-alkyl or cyclic N) is 1. The number of rotatable bonds is 6. The van der Waals surface area contributed by atoms with Gasteiger partial charge in [0.15, 0.2) is 0 Å². The van der Waals surface area contributed by atoms with Crippen LogP contribution in [0.15, 0.2) is 35.7 Å². The number of nitrogens with zero attached hydrogens (tertiary/aromatic N) is 2. The fourth-order valence-electron chi connectivity index (χ4n) is 2.98. The van der Waals surface area contributed by atoms with E-state index in [4.69, 9.17) is 4.74 Å². The maximum atomic E-state index is 10.2. The van der Waals surface area contributed by atoms with Crippen LogP contribution in [0, 0.1) is 6.92 Å². The number of aryl methyl sites for hydroxylation is 1. The summed E-state index contributed by atoms with van der Waals surface area (Å²) in [6.45, 7) is 5.11. The highest BCUT2D eigenvalue weighted by Gasteiger charge is 2.24. The van der Waals surface area contributed by atoms with Crippen molar-refractivity contribution in [1.82, 2.24) is 9.88 Å². The summed E-state index contributed by atoms with van der Waals surface area (Å²) in [7, 11) is 0. The number of likely N-dealkylation sites (tertiary alicyclic amines) is 1. The van der Waals surface area contributed by atoms with E-state index in [1.807, 2.05) is 30.3 Å². The van der Waals surface area contributed by atoms with Crippen LogP contribution >= 0.6 is 11.3 Å². The lowest BCUT2D eigenvalue weighted by atomic mass is 9.97. The van der Waals surface area contributed by atoms with Crippen molar-refractivity contribution in [2.75, 3.05) is 26.2 Å². The molecule has 1 aromatic heterocycles. The van der Waals surface area contributed by atoms with Crippen LogP contribution < -0.4 is 4.74 Å². The molecule has 1 unspecified atom stereocenters. The Balaban J connectivity index is 1.40. The number of piperidine rings is 1. The first-order valence-electron chi connectivity index (χ1n) is 8.21. The third-order valence-corrected chi connectivity index (χ3v) is 5.35. The van der Waals surface area contributed by atoms with E-state index in [2.05, 4.69) is 22.2 Å². The standard InChI is InChI=1S/C18H24N2O2S/c1-14-13-23-18(19-14)15-7-9-20(10-8-15)11-16(21)12-22-17-5-3-2-4-6-17/h2-6,13,15-16,21H,7-12H2,1H3. The van der Waals surface area contributed by atoms with E-state index in [0.29, 0.717) is 19.1 Å². The van der Waals surface area contributed by atoms with Crippen molar-refractivity contribution in [2.24, 2.45) is 0 Å². The highest BCUT2D eigenvalue weighted by Crippen LogP contribution is 2.30. The molecule has 0 bridgehead atoms. The van der Waals surface area contributed by atoms with Crippen molar-refractivity contribution in [1.29, 1.82) is 0 Å².